The van der Waals surface area contributed by atoms with Gasteiger partial charge in [0.15, 0.2) is 0 Å². The van der Waals surface area contributed by atoms with E-state index in [1.54, 1.807) is 7.05 Å². The molecule has 1 atom stereocenters. The van der Waals surface area contributed by atoms with Crippen LogP contribution in [-0.2, 0) is 0 Å². The molecule has 3 N–H and O–H groups in total. The van der Waals surface area contributed by atoms with E-state index in [0.29, 0.717) is 6.54 Å². The van der Waals surface area contributed by atoms with Crippen LogP contribution in [0.2, 0.25) is 0 Å². The Morgan fingerprint density at radius 3 is 2.62 bits per heavy atom. The third-order valence-electron chi connectivity index (χ3n) is 3.32. The molecule has 0 bridgehead atoms. The molecule has 8 heteroatoms. The fourth-order valence-electron chi connectivity index (χ4n) is 1.85. The van der Waals surface area contributed by atoms with Crippen LogP contribution in [0.15, 0.2) is 41.2 Å². The second-order valence-electron chi connectivity index (χ2n) is 5.06. The number of carbonyl (C=O) groups excluding carboxylic acids is 2. The first kappa shape index (κ1) is 19.7. The minimum Gasteiger partial charge on any atom is -0.472 e. The summed E-state index contributed by atoms with van der Waals surface area (Å²) in [5.41, 5.74) is 0.571. The van der Waals surface area contributed by atoms with E-state index in [0.717, 1.165) is 6.07 Å². The van der Waals surface area contributed by atoms with Gasteiger partial charge in [-0.1, -0.05) is 0 Å². The van der Waals surface area contributed by atoms with Crippen molar-refractivity contribution in [3.05, 3.63) is 53.7 Å². The monoisotopic (exact) mass is 355 g/mol. The van der Waals surface area contributed by atoms with E-state index < -0.39 is 17.6 Å². The average molecular weight is 356 g/mol. The number of hydrogen-bond donors (Lipinski definition) is 3. The Balaban J connectivity index is 0.00000288. The van der Waals surface area contributed by atoms with Crippen LogP contribution in [0, 0.1) is 5.82 Å². The molecule has 0 spiro atoms. The van der Waals surface area contributed by atoms with E-state index >= 15 is 0 Å². The van der Waals surface area contributed by atoms with Gasteiger partial charge in [-0.05, 0) is 38.2 Å². The molecule has 24 heavy (non-hydrogen) atoms. The summed E-state index contributed by atoms with van der Waals surface area (Å²) in [6.07, 6.45) is 2.62. The van der Waals surface area contributed by atoms with Crippen molar-refractivity contribution in [3.63, 3.8) is 0 Å². The predicted octanol–water partition coefficient (Wildman–Crippen LogP) is 2.43. The molecule has 130 valence electrons. The minimum atomic E-state index is -0.548. The highest BCUT2D eigenvalue weighted by atomic mass is 35.5. The first-order valence-corrected chi connectivity index (χ1v) is 7.10. The maximum absolute atomic E-state index is 13.5. The lowest BCUT2D eigenvalue weighted by atomic mass is 10.1. The van der Waals surface area contributed by atoms with Crippen LogP contribution in [0.25, 0.3) is 0 Å². The van der Waals surface area contributed by atoms with Crippen LogP contribution in [0.4, 0.5) is 10.1 Å². The Kier molecular flexibility index (Phi) is 7.41. The van der Waals surface area contributed by atoms with Crippen LogP contribution in [0.1, 0.15) is 27.6 Å². The van der Waals surface area contributed by atoms with Crippen LogP contribution >= 0.6 is 12.4 Å². The third-order valence-corrected chi connectivity index (χ3v) is 3.32. The van der Waals surface area contributed by atoms with E-state index in [2.05, 4.69) is 16.0 Å². The normalized spacial score (nSPS) is 11.3. The van der Waals surface area contributed by atoms with Gasteiger partial charge < -0.3 is 20.4 Å². The molecule has 0 radical (unpaired) electrons. The summed E-state index contributed by atoms with van der Waals surface area (Å²) in [6, 6.07) is 5.17. The zero-order chi connectivity index (χ0) is 16.8. The minimum absolute atomic E-state index is 0. The van der Waals surface area contributed by atoms with E-state index in [1.165, 1.54) is 30.7 Å². The fraction of sp³-hybridized carbons (Fsp3) is 0.250. The quantitative estimate of drug-likeness (QED) is 0.743. The van der Waals surface area contributed by atoms with Gasteiger partial charge in [-0.15, -0.1) is 12.4 Å². The van der Waals surface area contributed by atoms with Gasteiger partial charge >= 0.3 is 0 Å². The second-order valence-corrected chi connectivity index (χ2v) is 5.06. The van der Waals surface area contributed by atoms with Gasteiger partial charge in [-0.25, -0.2) is 4.39 Å². The predicted molar refractivity (Wildman–Crippen MR) is 91.2 cm³/mol. The van der Waals surface area contributed by atoms with Gasteiger partial charge in [-0.2, -0.15) is 0 Å². The molecule has 0 aliphatic rings. The third kappa shape index (κ3) is 5.07. The number of nitrogens with one attached hydrogen (secondary N) is 3. The zero-order valence-electron chi connectivity index (χ0n) is 13.3. The number of amides is 2. The summed E-state index contributed by atoms with van der Waals surface area (Å²) in [6.45, 7) is 2.31. The van der Waals surface area contributed by atoms with Crippen molar-refractivity contribution in [2.24, 2.45) is 0 Å². The van der Waals surface area contributed by atoms with Crippen molar-refractivity contribution in [1.29, 1.82) is 0 Å². The molecule has 1 aromatic heterocycles. The van der Waals surface area contributed by atoms with Crippen molar-refractivity contribution in [3.8, 4) is 0 Å². The topological polar surface area (TPSA) is 83.4 Å². The highest BCUT2D eigenvalue weighted by Gasteiger charge is 2.16. The molecular weight excluding hydrogens is 337 g/mol. The summed E-state index contributed by atoms with van der Waals surface area (Å²) in [7, 11) is 1.78. The lowest BCUT2D eigenvalue weighted by molar-refractivity contribution is 0.0951. The molecule has 1 heterocycles. The molecule has 0 saturated carbocycles. The van der Waals surface area contributed by atoms with Crippen molar-refractivity contribution in [2.45, 2.75) is 13.0 Å². The molecule has 6 nitrogen and oxygen atoms in total. The summed E-state index contributed by atoms with van der Waals surface area (Å²) in [4.78, 5) is 24.3. The Bertz CT molecular complexity index is 692. The first-order valence-electron chi connectivity index (χ1n) is 7.10. The van der Waals surface area contributed by atoms with Gasteiger partial charge in [0, 0.05) is 12.6 Å². The smallest absolute Gasteiger partial charge is 0.258 e. The average Bonchev–Trinajstić information content (AvgIpc) is 3.07. The van der Waals surface area contributed by atoms with Gasteiger partial charge in [0.1, 0.15) is 12.1 Å². The van der Waals surface area contributed by atoms with Gasteiger partial charge in [0.25, 0.3) is 11.8 Å². The van der Waals surface area contributed by atoms with E-state index in [9.17, 15) is 14.0 Å². The van der Waals surface area contributed by atoms with Crippen LogP contribution < -0.4 is 16.0 Å². The van der Waals surface area contributed by atoms with Crippen molar-refractivity contribution in [1.82, 2.24) is 10.6 Å². The first-order chi connectivity index (χ1) is 11.0. The molecule has 0 fully saturated rings. The lowest BCUT2D eigenvalue weighted by Crippen LogP contribution is -2.37. The summed E-state index contributed by atoms with van der Waals surface area (Å²) in [5, 5.41) is 8.24. The number of furan rings is 1. The van der Waals surface area contributed by atoms with Crippen molar-refractivity contribution in [2.75, 3.05) is 18.9 Å². The number of anilines is 1. The molecule has 1 aromatic carbocycles. The SMILES string of the molecule is CNC(C)CNC(=O)c1ccc(F)cc1NC(=O)c1ccoc1.Cl. The number of benzene rings is 1. The molecule has 0 aliphatic heterocycles. The Morgan fingerprint density at radius 1 is 1.25 bits per heavy atom. The maximum Gasteiger partial charge on any atom is 0.258 e. The second kappa shape index (κ2) is 9.05. The summed E-state index contributed by atoms with van der Waals surface area (Å²) < 4.78 is 18.3. The van der Waals surface area contributed by atoms with Crippen LogP contribution in [0.5, 0.6) is 0 Å². The maximum atomic E-state index is 13.5. The fourth-order valence-corrected chi connectivity index (χ4v) is 1.85. The van der Waals surface area contributed by atoms with Crippen LogP contribution in [0.3, 0.4) is 0 Å². The standard InChI is InChI=1S/C16H18FN3O3.ClH/c1-10(18-2)8-19-16(22)13-4-3-12(17)7-14(13)20-15(21)11-5-6-23-9-11;/h3-7,9-10,18H,8H2,1-2H3,(H,19,22)(H,20,21);1H. The van der Waals surface area contributed by atoms with E-state index in [4.69, 9.17) is 4.42 Å². The number of rotatable bonds is 6. The molecule has 2 rings (SSSR count). The molecule has 0 aliphatic carbocycles. The lowest BCUT2D eigenvalue weighted by Gasteiger charge is -2.14. The summed E-state index contributed by atoms with van der Waals surface area (Å²) >= 11 is 0. The van der Waals surface area contributed by atoms with Crippen molar-refractivity contribution >= 4 is 29.9 Å². The number of halogens is 2. The number of carbonyl (C=O) groups is 2. The van der Waals surface area contributed by atoms with E-state index in [-0.39, 0.29) is 35.3 Å². The van der Waals surface area contributed by atoms with Gasteiger partial charge in [0.05, 0.1) is 23.1 Å². The largest absolute Gasteiger partial charge is 0.472 e. The molecule has 2 amide bonds. The van der Waals surface area contributed by atoms with Crippen LogP contribution in [-0.4, -0.2) is 31.4 Å². The van der Waals surface area contributed by atoms with E-state index in [1.807, 2.05) is 6.92 Å². The molecule has 1 unspecified atom stereocenters. The number of likely N-dealkylation sites (N-methyl/N-ethyl adjacent to an activating group) is 1. The molecule has 0 saturated heterocycles. The van der Waals surface area contributed by atoms with Gasteiger partial charge in [-0.3, -0.25) is 9.59 Å². The highest BCUT2D eigenvalue weighted by molar-refractivity contribution is 6.08. The Hall–Kier alpha value is -2.38. The summed E-state index contributed by atoms with van der Waals surface area (Å²) in [5.74, 6) is -1.43. The van der Waals surface area contributed by atoms with Crippen molar-refractivity contribution < 1.29 is 18.4 Å². The Morgan fingerprint density at radius 2 is 2.00 bits per heavy atom. The molecular formula is C16H19ClFN3O3. The zero-order valence-corrected chi connectivity index (χ0v) is 14.1. The number of hydrogen-bond acceptors (Lipinski definition) is 4. The van der Waals surface area contributed by atoms with Gasteiger partial charge in [0.2, 0.25) is 0 Å². The molecule has 2 aromatic rings. The highest BCUT2D eigenvalue weighted by Crippen LogP contribution is 2.18. The Labute approximate surface area is 145 Å².